The molecule has 0 aromatic heterocycles. The molecule has 0 spiro atoms. The molecule has 1 N–H and O–H groups in total. The van der Waals surface area contributed by atoms with Crippen molar-refractivity contribution in [2.45, 2.75) is 39.2 Å². The third kappa shape index (κ3) is 4.92. The van der Waals surface area contributed by atoms with Crippen LogP contribution < -0.4 is 5.32 Å². The summed E-state index contributed by atoms with van der Waals surface area (Å²) in [7, 11) is 3.05. The maximum atomic E-state index is 12.8. The number of amidine groups is 2. The van der Waals surface area contributed by atoms with Crippen LogP contribution in [0.2, 0.25) is 0 Å². The number of fused-ring (bicyclic) bond motifs is 1. The maximum absolute atomic E-state index is 12.8. The first-order valence-electron chi connectivity index (χ1n) is 9.87. The van der Waals surface area contributed by atoms with Gasteiger partial charge in [-0.2, -0.15) is 9.48 Å². The standard InChI is InChI=1S/C19H27N5O4S/c1-11(2)8-13-21-16-15(18(26)24(4)19(27)23(16)3)17(22-13)29-10-14(25)20-9-12-6-5-7-28-12/h11-12,15H,5-10H2,1-4H3/p+1. The Balaban J connectivity index is 1.74. The zero-order chi connectivity index (χ0) is 21.1. The van der Waals surface area contributed by atoms with E-state index in [4.69, 9.17) is 4.74 Å². The number of nitrogens with one attached hydrogen (secondary N) is 1. The molecule has 1 saturated heterocycles. The van der Waals surface area contributed by atoms with Gasteiger partial charge in [0.15, 0.2) is 5.92 Å². The Hall–Kier alpha value is -2.07. The number of imide groups is 1. The van der Waals surface area contributed by atoms with Gasteiger partial charge in [-0.3, -0.25) is 9.59 Å². The number of thioether (sulfide) groups is 1. The Labute approximate surface area is 174 Å². The second-order valence-electron chi connectivity index (χ2n) is 7.83. The van der Waals surface area contributed by atoms with Crippen molar-refractivity contribution in [2.24, 2.45) is 21.8 Å². The van der Waals surface area contributed by atoms with E-state index in [1.807, 2.05) is 0 Å². The molecular formula is C19H28N5O4S+. The van der Waals surface area contributed by atoms with Crippen molar-refractivity contribution < 1.29 is 23.7 Å². The summed E-state index contributed by atoms with van der Waals surface area (Å²) in [6, 6.07) is -0.422. The lowest BCUT2D eigenvalue weighted by Crippen LogP contribution is -2.54. The third-order valence-electron chi connectivity index (χ3n) is 4.98. The van der Waals surface area contributed by atoms with E-state index in [-0.39, 0.29) is 23.7 Å². The fraction of sp³-hybridized carbons (Fsp3) is 0.684. The summed E-state index contributed by atoms with van der Waals surface area (Å²) in [6.07, 6.45) is 2.68. The summed E-state index contributed by atoms with van der Waals surface area (Å²) in [6.45, 7) is 5.33. The minimum Gasteiger partial charge on any atom is -0.376 e. The number of aliphatic imine (C=N–C) groups is 2. The van der Waals surface area contributed by atoms with E-state index in [1.165, 1.54) is 23.4 Å². The molecule has 0 aromatic carbocycles. The van der Waals surface area contributed by atoms with Crippen LogP contribution in [0.4, 0.5) is 4.79 Å². The molecule has 0 saturated carbocycles. The summed E-state index contributed by atoms with van der Waals surface area (Å²) in [5.41, 5.74) is 0. The number of rotatable bonds is 6. The molecule has 0 aromatic rings. The molecule has 3 rings (SSSR count). The molecule has 158 valence electrons. The minimum atomic E-state index is -0.755. The van der Waals surface area contributed by atoms with Crippen LogP contribution in [0.25, 0.3) is 0 Å². The van der Waals surface area contributed by atoms with E-state index in [2.05, 4.69) is 29.1 Å². The largest absolute Gasteiger partial charge is 0.445 e. The third-order valence-corrected chi connectivity index (χ3v) is 6.01. The average molecular weight is 423 g/mol. The average Bonchev–Trinajstić information content (AvgIpc) is 3.20. The highest BCUT2D eigenvalue weighted by atomic mass is 32.2. The monoisotopic (exact) mass is 422 g/mol. The second kappa shape index (κ2) is 9.17. The summed E-state index contributed by atoms with van der Waals surface area (Å²) in [5, 5.41) is 3.39. The van der Waals surface area contributed by atoms with Gasteiger partial charge in [0.25, 0.3) is 5.84 Å². The van der Waals surface area contributed by atoms with Gasteiger partial charge >= 0.3 is 11.9 Å². The number of amides is 4. The van der Waals surface area contributed by atoms with Crippen LogP contribution in [0.15, 0.2) is 9.98 Å². The van der Waals surface area contributed by atoms with Crippen molar-refractivity contribution in [3.05, 3.63) is 0 Å². The predicted molar refractivity (Wildman–Crippen MR) is 112 cm³/mol. The maximum Gasteiger partial charge on any atom is 0.445 e. The molecule has 0 bridgehead atoms. The van der Waals surface area contributed by atoms with Crippen molar-refractivity contribution in [3.63, 3.8) is 0 Å². The van der Waals surface area contributed by atoms with E-state index in [1.54, 1.807) is 7.05 Å². The molecular weight excluding hydrogens is 394 g/mol. The van der Waals surface area contributed by atoms with Gasteiger partial charge in [-0.1, -0.05) is 30.6 Å². The molecule has 2 atom stereocenters. The van der Waals surface area contributed by atoms with Crippen LogP contribution in [-0.4, -0.2) is 83.1 Å². The van der Waals surface area contributed by atoms with Crippen molar-refractivity contribution in [1.82, 2.24) is 10.2 Å². The first-order valence-corrected chi connectivity index (χ1v) is 10.9. The molecule has 29 heavy (non-hydrogen) atoms. The molecule has 0 aliphatic carbocycles. The SMILES string of the molecule is CC(C)CC1=NC2=[N+](C)C(=O)N(C)C(=O)C2C(SCC(=O)NCC2CCCO2)=N1. The van der Waals surface area contributed by atoms with Gasteiger partial charge in [0.2, 0.25) is 11.7 Å². The fourth-order valence-corrected chi connectivity index (χ4v) is 4.34. The molecule has 4 amide bonds. The zero-order valence-corrected chi connectivity index (χ0v) is 18.1. The smallest absolute Gasteiger partial charge is 0.376 e. The van der Waals surface area contributed by atoms with Crippen LogP contribution in [0.5, 0.6) is 0 Å². The van der Waals surface area contributed by atoms with Crippen LogP contribution in [0.3, 0.4) is 0 Å². The summed E-state index contributed by atoms with van der Waals surface area (Å²) in [4.78, 5) is 47.5. The normalized spacial score (nSPS) is 24.7. The molecule has 9 nitrogen and oxygen atoms in total. The Bertz CT molecular complexity index is 798. The van der Waals surface area contributed by atoms with E-state index in [9.17, 15) is 14.4 Å². The molecule has 3 aliphatic heterocycles. The lowest BCUT2D eigenvalue weighted by atomic mass is 10.0. The van der Waals surface area contributed by atoms with Gasteiger partial charge in [-0.15, -0.1) is 0 Å². The Kier molecular flexibility index (Phi) is 6.84. The van der Waals surface area contributed by atoms with Crippen LogP contribution in [0, 0.1) is 11.8 Å². The molecule has 3 aliphatic rings. The van der Waals surface area contributed by atoms with Gasteiger partial charge in [0, 0.05) is 19.6 Å². The van der Waals surface area contributed by atoms with Crippen molar-refractivity contribution >= 4 is 46.3 Å². The zero-order valence-electron chi connectivity index (χ0n) is 17.3. The van der Waals surface area contributed by atoms with E-state index in [0.29, 0.717) is 35.6 Å². The van der Waals surface area contributed by atoms with Crippen LogP contribution in [-0.2, 0) is 14.3 Å². The summed E-state index contributed by atoms with van der Waals surface area (Å²) in [5.74, 6) is 0.147. The van der Waals surface area contributed by atoms with E-state index in [0.717, 1.165) is 24.3 Å². The number of hydrogen-bond acceptors (Lipinski definition) is 7. The predicted octanol–water partition coefficient (Wildman–Crippen LogP) is 1.12. The van der Waals surface area contributed by atoms with Crippen molar-refractivity contribution in [1.29, 1.82) is 0 Å². The number of carbonyl (C=O) groups excluding carboxylic acids is 3. The van der Waals surface area contributed by atoms with Gasteiger partial charge in [-0.05, 0) is 18.8 Å². The molecule has 3 heterocycles. The second-order valence-corrected chi connectivity index (χ2v) is 8.83. The van der Waals surface area contributed by atoms with Gasteiger partial charge < -0.3 is 10.1 Å². The fourth-order valence-electron chi connectivity index (χ4n) is 3.42. The number of ether oxygens (including phenoxy) is 1. The number of hydrogen-bond donors (Lipinski definition) is 1. The number of nitrogens with zero attached hydrogens (tertiary/aromatic N) is 4. The topological polar surface area (TPSA) is 103 Å². The lowest BCUT2D eigenvalue weighted by molar-refractivity contribution is -0.407. The van der Waals surface area contributed by atoms with Gasteiger partial charge in [-0.25, -0.2) is 9.79 Å². The molecule has 2 unspecified atom stereocenters. The van der Waals surface area contributed by atoms with Crippen LogP contribution in [0.1, 0.15) is 33.1 Å². The van der Waals surface area contributed by atoms with Crippen molar-refractivity contribution in [3.8, 4) is 0 Å². The Morgan fingerprint density at radius 1 is 1.38 bits per heavy atom. The Morgan fingerprint density at radius 3 is 2.79 bits per heavy atom. The van der Waals surface area contributed by atoms with E-state index < -0.39 is 11.9 Å². The lowest BCUT2D eigenvalue weighted by Gasteiger charge is -2.26. The molecule has 10 heteroatoms. The van der Waals surface area contributed by atoms with Gasteiger partial charge in [0.05, 0.1) is 26.0 Å². The number of urea groups is 1. The highest BCUT2D eigenvalue weighted by molar-refractivity contribution is 8.14. The summed E-state index contributed by atoms with van der Waals surface area (Å²) >= 11 is 1.22. The minimum absolute atomic E-state index is 0.0777. The first kappa shape index (κ1) is 21.6. The van der Waals surface area contributed by atoms with E-state index >= 15 is 0 Å². The van der Waals surface area contributed by atoms with Gasteiger partial charge in [0.1, 0.15) is 5.04 Å². The highest BCUT2D eigenvalue weighted by Gasteiger charge is 2.49. The van der Waals surface area contributed by atoms with Crippen LogP contribution >= 0.6 is 11.8 Å². The number of carbonyl (C=O) groups is 3. The molecule has 0 radical (unpaired) electrons. The quantitative estimate of drug-likeness (QED) is 0.646. The molecule has 1 fully saturated rings. The first-order chi connectivity index (χ1) is 13.8. The summed E-state index contributed by atoms with van der Waals surface area (Å²) < 4.78 is 6.90. The Morgan fingerprint density at radius 2 is 2.14 bits per heavy atom. The van der Waals surface area contributed by atoms with Crippen molar-refractivity contribution in [2.75, 3.05) is 33.0 Å². The highest BCUT2D eigenvalue weighted by Crippen LogP contribution is 2.26.